The van der Waals surface area contributed by atoms with E-state index in [1.807, 2.05) is 0 Å². The molecule has 0 atom stereocenters. The molecule has 4 nitrogen and oxygen atoms in total. The Morgan fingerprint density at radius 3 is 0.419 bits per heavy atom. The summed E-state index contributed by atoms with van der Waals surface area (Å²) in [4.78, 5) is 0. The van der Waals surface area contributed by atoms with Crippen LogP contribution in [0.4, 0.5) is 0 Å². The second kappa shape index (κ2) is 26.8. The zero-order chi connectivity index (χ0) is 42.5. The van der Waals surface area contributed by atoms with Gasteiger partial charge >= 0.3 is 19.5 Å². The van der Waals surface area contributed by atoms with Gasteiger partial charge < -0.3 is 0 Å². The van der Waals surface area contributed by atoms with Crippen molar-refractivity contribution in [3.63, 3.8) is 0 Å². The Kier molecular flexibility index (Phi) is 21.3. The molecule has 62 heavy (non-hydrogen) atoms. The summed E-state index contributed by atoms with van der Waals surface area (Å²) in [7, 11) is -6.34. The summed E-state index contributed by atoms with van der Waals surface area (Å²) < 4.78 is 34.0. The molecular weight excluding hydrogens is 951 g/mol. The zero-order valence-corrected chi connectivity index (χ0v) is 40.0. The monoisotopic (exact) mass is 998 g/mol. The van der Waals surface area contributed by atoms with E-state index >= 15 is 0 Å². The largest absolute Gasteiger partial charge is 1.00 e. The van der Waals surface area contributed by atoms with E-state index in [0.717, 1.165) is 0 Å². The molecule has 0 aromatic heterocycles. The molecule has 0 N–H and O–H groups in total. The van der Waals surface area contributed by atoms with Crippen LogP contribution in [0.2, 0.25) is 0 Å². The normalized spacial score (nSPS) is 11.0. The van der Waals surface area contributed by atoms with E-state index in [1.54, 1.807) is 0 Å². The summed E-state index contributed by atoms with van der Waals surface area (Å²) in [5, 5.41) is 11.8. The Morgan fingerprint density at radius 1 is 0.226 bits per heavy atom. The maximum Gasteiger partial charge on any atom is 1.00 e. The van der Waals surface area contributed by atoms with Gasteiger partial charge in [0.25, 0.3) is 0 Å². The van der Waals surface area contributed by atoms with Crippen LogP contribution in [0.5, 0.6) is 0 Å². The summed E-state index contributed by atoms with van der Waals surface area (Å²) in [5.41, 5.74) is 0. The van der Waals surface area contributed by atoms with Gasteiger partial charge in [0.1, 0.15) is 0 Å². The molecule has 0 heterocycles. The van der Waals surface area contributed by atoms with Crippen LogP contribution in [-0.4, -0.2) is 24.6 Å². The first-order valence-corrected chi connectivity index (χ1v) is 27.3. The van der Waals surface area contributed by atoms with Gasteiger partial charge in [-0.1, -0.05) is 243 Å². The van der Waals surface area contributed by atoms with Crippen LogP contribution in [0, 0.1) is 10.2 Å². The molecule has 0 aliphatic rings. The number of rotatable bonds is 14. The summed E-state index contributed by atoms with van der Waals surface area (Å²) >= 11 is 0. The minimum absolute atomic E-state index is 0. The van der Waals surface area contributed by atoms with Crippen molar-refractivity contribution in [2.45, 2.75) is 0 Å². The first kappa shape index (κ1) is 49.3. The minimum atomic E-state index is -4.94. The van der Waals surface area contributed by atoms with Gasteiger partial charge in [-0.05, 0) is 98.8 Å². The molecule has 0 amide bonds. The zero-order valence-electron chi connectivity index (χ0n) is 34.1. The maximum atomic E-state index is 8.49. The molecule has 0 spiro atoms. The van der Waals surface area contributed by atoms with Crippen molar-refractivity contribution in [2.24, 2.45) is 0 Å². The van der Waals surface area contributed by atoms with Gasteiger partial charge in [0, 0.05) is 0 Å². The summed E-state index contributed by atoms with van der Waals surface area (Å²) in [5.74, 6) is 0. The molecule has 0 bridgehead atoms. The second-order valence-corrected chi connectivity index (χ2v) is 23.8. The SMILES string of the molecule is [O-][Cl+3]([O-])([O-])[O-].[Rh+].c1ccc(P(CCP(c2ccccc2)c2ccccc2)c2ccccc2)cc1.c1ccc(P(CCP(c2ccccc2)c2ccccc2)c2ccccc2)cc1. The molecule has 316 valence electrons. The van der Waals surface area contributed by atoms with Crippen LogP contribution in [0.15, 0.2) is 243 Å². The predicted molar refractivity (Wildman–Crippen MR) is 256 cm³/mol. The number of hydrogen-bond donors (Lipinski definition) is 0. The molecular formula is C52H48ClO4P4Rh. The molecule has 8 rings (SSSR count). The van der Waals surface area contributed by atoms with Crippen LogP contribution in [0.25, 0.3) is 0 Å². The van der Waals surface area contributed by atoms with Crippen LogP contribution in [0.3, 0.4) is 0 Å². The first-order valence-electron chi connectivity index (χ1n) is 20.0. The molecule has 0 unspecified atom stereocenters. The number of hydrogen-bond acceptors (Lipinski definition) is 4. The Bertz CT molecular complexity index is 1880. The Balaban J connectivity index is 0.000000208. The Hall–Kier alpha value is -3.77. The molecule has 0 fully saturated rings. The molecule has 8 aromatic rings. The van der Waals surface area contributed by atoms with Gasteiger partial charge in [-0.25, -0.2) is 18.6 Å². The molecule has 0 aliphatic heterocycles. The van der Waals surface area contributed by atoms with Gasteiger partial charge in [0.15, 0.2) is 0 Å². The van der Waals surface area contributed by atoms with Gasteiger partial charge in [-0.2, -0.15) is 0 Å². The molecule has 0 saturated heterocycles. The fourth-order valence-corrected chi connectivity index (χ4v) is 17.6. The van der Waals surface area contributed by atoms with Crippen LogP contribution < -0.4 is 61.1 Å². The standard InChI is InChI=1S/2C26H24P2.ClHO4.Rh/c2*1-5-13-23(14-6-1)27(24-15-7-2-8-16-24)21-22-28(25-17-9-3-10-18-25)26-19-11-4-12-20-26;2-1(3,4)5;/h2*1-20H,21-22H2;(H,2,3,4,5);/q;;;+1/p-1. The molecule has 10 heteroatoms. The topological polar surface area (TPSA) is 92.2 Å². The van der Waals surface area contributed by atoms with E-state index < -0.39 is 10.2 Å². The van der Waals surface area contributed by atoms with Crippen molar-refractivity contribution in [3.8, 4) is 0 Å². The second-order valence-electron chi connectivity index (χ2n) is 13.7. The molecule has 0 saturated carbocycles. The quantitative estimate of drug-likeness (QED) is 0.103. The van der Waals surface area contributed by atoms with Crippen molar-refractivity contribution in [1.82, 2.24) is 0 Å². The van der Waals surface area contributed by atoms with Crippen LogP contribution in [0.1, 0.15) is 0 Å². The van der Waals surface area contributed by atoms with Gasteiger partial charge in [0.2, 0.25) is 0 Å². The van der Waals surface area contributed by atoms with Crippen molar-refractivity contribution < 1.29 is 48.4 Å². The van der Waals surface area contributed by atoms with E-state index in [9.17, 15) is 0 Å². The minimum Gasteiger partial charge on any atom is -0.222 e. The van der Waals surface area contributed by atoms with Gasteiger partial charge in [-0.3, -0.25) is 0 Å². The third kappa shape index (κ3) is 16.4. The molecule has 8 aromatic carbocycles. The third-order valence-corrected chi connectivity index (χ3v) is 20.4. The summed E-state index contributed by atoms with van der Waals surface area (Å²) in [6.45, 7) is 0. The summed E-state index contributed by atoms with van der Waals surface area (Å²) in [6.07, 6.45) is 4.83. The van der Waals surface area contributed by atoms with Crippen molar-refractivity contribution in [2.75, 3.05) is 24.6 Å². The average molecular weight is 999 g/mol. The van der Waals surface area contributed by atoms with Crippen LogP contribution >= 0.6 is 31.7 Å². The maximum absolute atomic E-state index is 8.49. The van der Waals surface area contributed by atoms with E-state index in [-0.39, 0.29) is 51.2 Å². The number of halogens is 1. The van der Waals surface area contributed by atoms with E-state index in [0.29, 0.717) is 0 Å². The molecule has 0 aliphatic carbocycles. The molecule has 0 radical (unpaired) electrons. The van der Waals surface area contributed by atoms with E-state index in [4.69, 9.17) is 18.6 Å². The van der Waals surface area contributed by atoms with Crippen LogP contribution in [-0.2, 0) is 19.5 Å². The smallest absolute Gasteiger partial charge is 0.222 e. The number of benzene rings is 8. The first-order chi connectivity index (χ1) is 29.8. The fraction of sp³-hybridized carbons (Fsp3) is 0.0769. The van der Waals surface area contributed by atoms with E-state index in [1.165, 1.54) is 67.1 Å². The fourth-order valence-electron chi connectivity index (χ4n) is 6.89. The summed E-state index contributed by atoms with van der Waals surface area (Å²) in [6, 6.07) is 88.4. The Morgan fingerprint density at radius 2 is 0.323 bits per heavy atom. The predicted octanol–water partition coefficient (Wildman–Crippen LogP) is 5.75. The van der Waals surface area contributed by atoms with E-state index in [2.05, 4.69) is 243 Å². The van der Waals surface area contributed by atoms with Gasteiger partial charge in [0.05, 0.1) is 0 Å². The van der Waals surface area contributed by atoms with Crippen molar-refractivity contribution >= 4 is 74.1 Å². The third-order valence-electron chi connectivity index (χ3n) is 9.64. The van der Waals surface area contributed by atoms with Gasteiger partial charge in [-0.15, -0.1) is 10.2 Å². The Labute approximate surface area is 387 Å². The van der Waals surface area contributed by atoms with Crippen molar-refractivity contribution in [3.05, 3.63) is 243 Å². The average Bonchev–Trinajstić information content (AvgIpc) is 3.31. The van der Waals surface area contributed by atoms with Crippen molar-refractivity contribution in [1.29, 1.82) is 0 Å².